The molecule has 0 radical (unpaired) electrons. The number of ketones is 1. The van der Waals surface area contributed by atoms with Gasteiger partial charge in [0, 0.05) is 29.4 Å². The molecule has 0 saturated heterocycles. The number of fused-ring (bicyclic) bond motifs is 1. The Hall–Kier alpha value is -2.35. The highest BCUT2D eigenvalue weighted by Gasteiger charge is 2.23. The Labute approximate surface area is 106 Å². The highest BCUT2D eigenvalue weighted by Crippen LogP contribution is 2.25. The van der Waals surface area contributed by atoms with Crippen LogP contribution >= 0.6 is 0 Å². The van der Waals surface area contributed by atoms with Crippen LogP contribution in [-0.2, 0) is 6.42 Å². The first kappa shape index (κ1) is 10.8. The lowest BCUT2D eigenvalue weighted by Gasteiger charge is -2.01. The fourth-order valence-electron chi connectivity index (χ4n) is 2.18. The van der Waals surface area contributed by atoms with Gasteiger partial charge in [-0.3, -0.25) is 4.79 Å². The predicted octanol–water partition coefficient (Wildman–Crippen LogP) is 3.42. The molecular formula is C16H13NO. The van der Waals surface area contributed by atoms with Crippen molar-refractivity contribution in [3.63, 3.8) is 0 Å². The van der Waals surface area contributed by atoms with Gasteiger partial charge in [0.25, 0.3) is 0 Å². The average molecular weight is 235 g/mol. The molecule has 0 unspecified atom stereocenters. The summed E-state index contributed by atoms with van der Waals surface area (Å²) < 4.78 is 0. The van der Waals surface area contributed by atoms with Crippen LogP contribution in [-0.4, -0.2) is 5.78 Å². The Balaban J connectivity index is 1.82. The number of carbonyl (C=O) groups is 1. The third kappa shape index (κ3) is 1.93. The minimum absolute atomic E-state index is 0.133. The molecule has 0 saturated carbocycles. The molecule has 3 rings (SSSR count). The first-order chi connectivity index (χ1) is 8.84. The third-order valence-electron chi connectivity index (χ3n) is 3.12. The van der Waals surface area contributed by atoms with Crippen LogP contribution in [0.25, 0.3) is 0 Å². The van der Waals surface area contributed by atoms with Crippen molar-refractivity contribution >= 4 is 11.5 Å². The standard InChI is InChI=1S/C16H13NO/c18-16-13(10-12-6-4-5-9-15(12)16)11-17-14-7-2-1-3-8-14/h1-9,11,17H,10H2/b13-11-. The van der Waals surface area contributed by atoms with E-state index in [-0.39, 0.29) is 5.78 Å². The van der Waals surface area contributed by atoms with E-state index in [1.165, 1.54) is 0 Å². The van der Waals surface area contributed by atoms with Crippen LogP contribution in [0.2, 0.25) is 0 Å². The zero-order valence-corrected chi connectivity index (χ0v) is 9.89. The molecule has 1 N–H and O–H groups in total. The van der Waals surface area contributed by atoms with Crippen molar-refractivity contribution < 1.29 is 4.79 Å². The summed E-state index contributed by atoms with van der Waals surface area (Å²) in [5.74, 6) is 0.133. The van der Waals surface area contributed by atoms with Crippen LogP contribution in [0.15, 0.2) is 66.4 Å². The van der Waals surface area contributed by atoms with Crippen LogP contribution < -0.4 is 5.32 Å². The Morgan fingerprint density at radius 3 is 2.44 bits per heavy atom. The zero-order chi connectivity index (χ0) is 12.4. The fourth-order valence-corrected chi connectivity index (χ4v) is 2.18. The van der Waals surface area contributed by atoms with Crippen LogP contribution in [0, 0.1) is 0 Å². The van der Waals surface area contributed by atoms with Gasteiger partial charge in [0.2, 0.25) is 0 Å². The number of hydrogen-bond donors (Lipinski definition) is 1. The van der Waals surface area contributed by atoms with Gasteiger partial charge < -0.3 is 5.32 Å². The molecule has 0 heterocycles. The smallest absolute Gasteiger partial charge is 0.191 e. The molecule has 2 nitrogen and oxygen atoms in total. The van der Waals surface area contributed by atoms with E-state index in [1.54, 1.807) is 0 Å². The average Bonchev–Trinajstić information content (AvgIpc) is 2.75. The Morgan fingerprint density at radius 1 is 0.944 bits per heavy atom. The van der Waals surface area contributed by atoms with Crippen molar-refractivity contribution in [1.82, 2.24) is 0 Å². The SMILES string of the molecule is O=C1/C(=C\Nc2ccccc2)Cc2ccccc21. The number of carbonyl (C=O) groups excluding carboxylic acids is 1. The second-order valence-corrected chi connectivity index (χ2v) is 4.34. The van der Waals surface area contributed by atoms with Crippen LogP contribution in [0.1, 0.15) is 15.9 Å². The van der Waals surface area contributed by atoms with Gasteiger partial charge in [0.15, 0.2) is 5.78 Å². The summed E-state index contributed by atoms with van der Waals surface area (Å²) in [6.07, 6.45) is 2.53. The monoisotopic (exact) mass is 235 g/mol. The molecule has 0 bridgehead atoms. The molecular weight excluding hydrogens is 222 g/mol. The molecule has 2 aromatic rings. The van der Waals surface area contributed by atoms with E-state index < -0.39 is 0 Å². The minimum Gasteiger partial charge on any atom is -0.361 e. The Bertz CT molecular complexity index is 614. The lowest BCUT2D eigenvalue weighted by atomic mass is 10.1. The summed E-state index contributed by atoms with van der Waals surface area (Å²) >= 11 is 0. The number of benzene rings is 2. The van der Waals surface area contributed by atoms with E-state index >= 15 is 0 Å². The third-order valence-corrected chi connectivity index (χ3v) is 3.12. The number of nitrogens with one attached hydrogen (secondary N) is 1. The maximum atomic E-state index is 12.1. The molecule has 1 aliphatic carbocycles. The van der Waals surface area contributed by atoms with Gasteiger partial charge in [-0.15, -0.1) is 0 Å². The van der Waals surface area contributed by atoms with Gasteiger partial charge >= 0.3 is 0 Å². The van der Waals surface area contributed by atoms with Crippen LogP contribution in [0.3, 0.4) is 0 Å². The molecule has 1 aliphatic rings. The molecule has 0 atom stereocenters. The van der Waals surface area contributed by atoms with E-state index in [2.05, 4.69) is 5.32 Å². The normalized spacial score (nSPS) is 15.8. The van der Waals surface area contributed by atoms with E-state index in [0.717, 1.165) is 28.8 Å². The van der Waals surface area contributed by atoms with Crippen molar-refractivity contribution in [2.45, 2.75) is 6.42 Å². The predicted molar refractivity (Wildman–Crippen MR) is 72.6 cm³/mol. The fraction of sp³-hybridized carbons (Fsp3) is 0.0625. The van der Waals surface area contributed by atoms with E-state index in [4.69, 9.17) is 0 Å². The van der Waals surface area contributed by atoms with Crippen molar-refractivity contribution in [1.29, 1.82) is 0 Å². The molecule has 0 aliphatic heterocycles. The Kier molecular flexibility index (Phi) is 2.69. The second kappa shape index (κ2) is 4.49. The lowest BCUT2D eigenvalue weighted by molar-refractivity contribution is 0.103. The van der Waals surface area contributed by atoms with Gasteiger partial charge in [0.05, 0.1) is 0 Å². The van der Waals surface area contributed by atoms with Crippen molar-refractivity contribution in [3.8, 4) is 0 Å². The topological polar surface area (TPSA) is 29.1 Å². The van der Waals surface area contributed by atoms with Crippen molar-refractivity contribution in [2.75, 3.05) is 5.32 Å². The Morgan fingerprint density at radius 2 is 1.67 bits per heavy atom. The molecule has 2 aromatic carbocycles. The molecule has 88 valence electrons. The number of Topliss-reactive ketones (excluding diaryl/α,β-unsaturated/α-hetero) is 1. The molecule has 2 heteroatoms. The highest BCUT2D eigenvalue weighted by molar-refractivity contribution is 6.13. The summed E-state index contributed by atoms with van der Waals surface area (Å²) in [6, 6.07) is 17.6. The first-order valence-electron chi connectivity index (χ1n) is 5.98. The van der Waals surface area contributed by atoms with Gasteiger partial charge in [-0.1, -0.05) is 42.5 Å². The number of anilines is 1. The number of hydrogen-bond acceptors (Lipinski definition) is 2. The minimum atomic E-state index is 0.133. The second-order valence-electron chi connectivity index (χ2n) is 4.34. The molecule has 0 amide bonds. The van der Waals surface area contributed by atoms with Crippen LogP contribution in [0.5, 0.6) is 0 Å². The largest absolute Gasteiger partial charge is 0.361 e. The maximum absolute atomic E-state index is 12.1. The van der Waals surface area contributed by atoms with Crippen molar-refractivity contribution in [2.24, 2.45) is 0 Å². The van der Waals surface area contributed by atoms with Gasteiger partial charge in [-0.2, -0.15) is 0 Å². The van der Waals surface area contributed by atoms with E-state index in [0.29, 0.717) is 0 Å². The summed E-state index contributed by atoms with van der Waals surface area (Å²) in [6.45, 7) is 0. The summed E-state index contributed by atoms with van der Waals surface area (Å²) in [5, 5.41) is 3.17. The number of allylic oxidation sites excluding steroid dienone is 1. The molecule has 18 heavy (non-hydrogen) atoms. The number of rotatable bonds is 2. The van der Waals surface area contributed by atoms with Gasteiger partial charge in [-0.25, -0.2) is 0 Å². The number of para-hydroxylation sites is 1. The molecule has 0 fully saturated rings. The van der Waals surface area contributed by atoms with Gasteiger partial charge in [-0.05, 0) is 17.7 Å². The summed E-state index contributed by atoms with van der Waals surface area (Å²) in [5.41, 5.74) is 3.76. The lowest BCUT2D eigenvalue weighted by Crippen LogP contribution is -1.98. The zero-order valence-electron chi connectivity index (χ0n) is 9.89. The first-order valence-corrected chi connectivity index (χ1v) is 5.98. The van der Waals surface area contributed by atoms with E-state index in [1.807, 2.05) is 60.8 Å². The van der Waals surface area contributed by atoms with Crippen molar-refractivity contribution in [3.05, 3.63) is 77.5 Å². The highest BCUT2D eigenvalue weighted by atomic mass is 16.1. The summed E-state index contributed by atoms with van der Waals surface area (Å²) in [7, 11) is 0. The summed E-state index contributed by atoms with van der Waals surface area (Å²) in [4.78, 5) is 12.1. The molecule has 0 aromatic heterocycles. The quantitative estimate of drug-likeness (QED) is 0.808. The van der Waals surface area contributed by atoms with Crippen LogP contribution in [0.4, 0.5) is 5.69 Å². The van der Waals surface area contributed by atoms with E-state index in [9.17, 15) is 4.79 Å². The maximum Gasteiger partial charge on any atom is 0.191 e. The van der Waals surface area contributed by atoms with Gasteiger partial charge in [0.1, 0.15) is 0 Å². The molecule has 0 spiro atoms.